The van der Waals surface area contributed by atoms with Gasteiger partial charge in [-0.05, 0) is 24.1 Å². The van der Waals surface area contributed by atoms with Gasteiger partial charge >= 0.3 is 0 Å². The average Bonchev–Trinajstić information content (AvgIpc) is 3.17. The van der Waals surface area contributed by atoms with Gasteiger partial charge in [-0.25, -0.2) is 9.97 Å². The molecule has 0 amide bonds. The van der Waals surface area contributed by atoms with E-state index in [-0.39, 0.29) is 24.8 Å². The normalized spacial score (nSPS) is 10.0. The highest BCUT2D eigenvalue weighted by atomic mass is 35.5. The van der Waals surface area contributed by atoms with E-state index in [1.807, 2.05) is 41.1 Å². The molecule has 0 fully saturated rings. The van der Waals surface area contributed by atoms with Crippen LogP contribution in [0.5, 0.6) is 0 Å². The molecule has 0 spiro atoms. The van der Waals surface area contributed by atoms with Crippen LogP contribution in [0, 0.1) is 0 Å². The molecule has 0 atom stereocenters. The van der Waals surface area contributed by atoms with Crippen LogP contribution in [0.15, 0.2) is 73.3 Å². The molecule has 0 aliphatic carbocycles. The number of benzene rings is 2. The zero-order valence-electron chi connectivity index (χ0n) is 13.9. The van der Waals surface area contributed by atoms with Gasteiger partial charge < -0.3 is 5.32 Å². The Morgan fingerprint density at radius 2 is 1.65 bits per heavy atom. The van der Waals surface area contributed by atoms with E-state index in [0.29, 0.717) is 5.95 Å². The van der Waals surface area contributed by atoms with Gasteiger partial charge in [0.05, 0.1) is 5.52 Å². The van der Waals surface area contributed by atoms with Crippen LogP contribution in [-0.4, -0.2) is 26.1 Å². The molecular weight excluding hydrogens is 369 g/mol. The van der Waals surface area contributed by atoms with Crippen molar-refractivity contribution in [1.29, 1.82) is 0 Å². The highest BCUT2D eigenvalue weighted by Gasteiger charge is 2.08. The molecular formula is C19H19Cl2N5. The third-order valence-electron chi connectivity index (χ3n) is 3.88. The van der Waals surface area contributed by atoms with Crippen molar-refractivity contribution in [3.8, 4) is 5.95 Å². The number of nitrogens with one attached hydrogen (secondary N) is 1. The van der Waals surface area contributed by atoms with E-state index in [1.54, 1.807) is 12.5 Å². The molecule has 4 aromatic rings. The first kappa shape index (κ1) is 19.7. The summed E-state index contributed by atoms with van der Waals surface area (Å²) in [7, 11) is 0. The van der Waals surface area contributed by atoms with Gasteiger partial charge in [-0.2, -0.15) is 4.98 Å². The molecule has 2 aromatic carbocycles. The number of rotatable bonds is 5. The lowest BCUT2D eigenvalue weighted by atomic mass is 10.1. The second-order valence-corrected chi connectivity index (χ2v) is 5.52. The van der Waals surface area contributed by atoms with Crippen LogP contribution in [-0.2, 0) is 6.42 Å². The zero-order chi connectivity index (χ0) is 16.2. The summed E-state index contributed by atoms with van der Waals surface area (Å²) in [5.41, 5.74) is 2.22. The Balaban J connectivity index is 0.00000121. The fourth-order valence-electron chi connectivity index (χ4n) is 2.66. The van der Waals surface area contributed by atoms with Crippen molar-refractivity contribution in [2.75, 3.05) is 11.9 Å². The maximum Gasteiger partial charge on any atom is 0.237 e. The van der Waals surface area contributed by atoms with E-state index in [2.05, 4.69) is 44.5 Å². The molecule has 2 heterocycles. The fraction of sp³-hybridized carbons (Fsp3) is 0.105. The molecule has 0 aliphatic heterocycles. The summed E-state index contributed by atoms with van der Waals surface area (Å²) in [6.45, 7) is 0.814. The van der Waals surface area contributed by atoms with Crippen molar-refractivity contribution in [3.05, 3.63) is 78.9 Å². The molecule has 0 aliphatic rings. The quantitative estimate of drug-likeness (QED) is 0.554. The molecule has 26 heavy (non-hydrogen) atoms. The Kier molecular flexibility index (Phi) is 6.95. The minimum Gasteiger partial charge on any atom is -0.369 e. The van der Waals surface area contributed by atoms with Crippen LogP contribution in [0.25, 0.3) is 16.9 Å². The number of hydrogen-bond acceptors (Lipinski definition) is 4. The first-order chi connectivity index (χ1) is 11.9. The second kappa shape index (κ2) is 9.17. The molecule has 0 radical (unpaired) electrons. The van der Waals surface area contributed by atoms with Gasteiger partial charge in [0.2, 0.25) is 5.95 Å². The van der Waals surface area contributed by atoms with Gasteiger partial charge in [-0.3, -0.25) is 4.57 Å². The summed E-state index contributed by atoms with van der Waals surface area (Å²) in [5.74, 6) is 1.47. The maximum absolute atomic E-state index is 4.68. The monoisotopic (exact) mass is 387 g/mol. The number of imidazole rings is 1. The highest BCUT2D eigenvalue weighted by Crippen LogP contribution is 2.21. The van der Waals surface area contributed by atoms with Gasteiger partial charge in [0.15, 0.2) is 0 Å². The van der Waals surface area contributed by atoms with Crippen molar-refractivity contribution in [2.45, 2.75) is 6.42 Å². The summed E-state index contributed by atoms with van der Waals surface area (Å²) in [6, 6.07) is 18.5. The largest absolute Gasteiger partial charge is 0.369 e. The van der Waals surface area contributed by atoms with Gasteiger partial charge in [0, 0.05) is 24.3 Å². The Hall–Kier alpha value is -2.63. The maximum atomic E-state index is 4.68. The smallest absolute Gasteiger partial charge is 0.237 e. The van der Waals surface area contributed by atoms with Crippen molar-refractivity contribution >= 4 is 41.5 Å². The SMILES string of the molecule is Cl.Cl.c1ccc(CCNc2nc(-n3ccnc3)nc3ccccc23)cc1. The molecule has 0 unspecified atom stereocenters. The standard InChI is InChI=1S/C19H17N5.2ClH/c1-2-6-15(7-3-1)10-11-21-18-16-8-4-5-9-17(16)22-19(23-18)24-13-12-20-14-24;;/h1-9,12-14H,10-11H2,(H,21,22,23);2*1H. The Bertz CT molecular complexity index is 943. The molecule has 7 heteroatoms. The number of para-hydroxylation sites is 1. The zero-order valence-corrected chi connectivity index (χ0v) is 15.6. The van der Waals surface area contributed by atoms with Crippen molar-refractivity contribution in [3.63, 3.8) is 0 Å². The van der Waals surface area contributed by atoms with E-state index in [1.165, 1.54) is 5.56 Å². The van der Waals surface area contributed by atoms with Crippen molar-refractivity contribution in [2.24, 2.45) is 0 Å². The first-order valence-electron chi connectivity index (χ1n) is 7.93. The number of fused-ring (bicyclic) bond motifs is 1. The van der Waals surface area contributed by atoms with Gasteiger partial charge in [-0.1, -0.05) is 42.5 Å². The molecule has 5 nitrogen and oxygen atoms in total. The Morgan fingerprint density at radius 1 is 0.885 bits per heavy atom. The van der Waals surface area contributed by atoms with Gasteiger partial charge in [0.1, 0.15) is 12.1 Å². The lowest BCUT2D eigenvalue weighted by Crippen LogP contribution is -2.09. The van der Waals surface area contributed by atoms with Crippen LogP contribution in [0.2, 0.25) is 0 Å². The van der Waals surface area contributed by atoms with E-state index < -0.39 is 0 Å². The topological polar surface area (TPSA) is 55.6 Å². The van der Waals surface area contributed by atoms with E-state index >= 15 is 0 Å². The minimum absolute atomic E-state index is 0. The number of halogens is 2. The third kappa shape index (κ3) is 4.31. The predicted molar refractivity (Wildman–Crippen MR) is 110 cm³/mol. The average molecular weight is 388 g/mol. The molecule has 0 saturated heterocycles. The van der Waals surface area contributed by atoms with Gasteiger partial charge in [-0.15, -0.1) is 24.8 Å². The van der Waals surface area contributed by atoms with E-state index in [0.717, 1.165) is 29.7 Å². The molecule has 2 aromatic heterocycles. The van der Waals surface area contributed by atoms with Crippen LogP contribution < -0.4 is 5.32 Å². The number of hydrogen-bond donors (Lipinski definition) is 1. The third-order valence-corrected chi connectivity index (χ3v) is 3.88. The first-order valence-corrected chi connectivity index (χ1v) is 7.93. The summed E-state index contributed by atoms with van der Waals surface area (Å²) in [6.07, 6.45) is 6.22. The highest BCUT2D eigenvalue weighted by molar-refractivity contribution is 5.89. The second-order valence-electron chi connectivity index (χ2n) is 5.52. The van der Waals surface area contributed by atoms with Crippen LogP contribution >= 0.6 is 24.8 Å². The lowest BCUT2D eigenvalue weighted by Gasteiger charge is -2.11. The summed E-state index contributed by atoms with van der Waals surface area (Å²) >= 11 is 0. The van der Waals surface area contributed by atoms with Crippen LogP contribution in [0.1, 0.15) is 5.56 Å². The summed E-state index contributed by atoms with van der Waals surface area (Å²) in [4.78, 5) is 13.4. The molecule has 134 valence electrons. The fourth-order valence-corrected chi connectivity index (χ4v) is 2.66. The Morgan fingerprint density at radius 3 is 2.42 bits per heavy atom. The van der Waals surface area contributed by atoms with Crippen LogP contribution in [0.3, 0.4) is 0 Å². The molecule has 4 rings (SSSR count). The molecule has 0 bridgehead atoms. The number of aromatic nitrogens is 4. The van der Waals surface area contributed by atoms with Crippen molar-refractivity contribution < 1.29 is 0 Å². The minimum atomic E-state index is 0. The molecule has 0 saturated carbocycles. The van der Waals surface area contributed by atoms with Gasteiger partial charge in [0.25, 0.3) is 0 Å². The van der Waals surface area contributed by atoms with E-state index in [9.17, 15) is 0 Å². The van der Waals surface area contributed by atoms with E-state index in [4.69, 9.17) is 0 Å². The lowest BCUT2D eigenvalue weighted by molar-refractivity contribution is 0.931. The summed E-state index contributed by atoms with van der Waals surface area (Å²) in [5, 5.41) is 4.48. The van der Waals surface area contributed by atoms with Crippen molar-refractivity contribution in [1.82, 2.24) is 19.5 Å². The number of nitrogens with zero attached hydrogens (tertiary/aromatic N) is 4. The molecule has 1 N–H and O–H groups in total. The predicted octanol–water partition coefficient (Wildman–Crippen LogP) is 4.31. The summed E-state index contributed by atoms with van der Waals surface area (Å²) < 4.78 is 1.81. The number of anilines is 1. The Labute approximate surface area is 164 Å². The van der Waals surface area contributed by atoms with Crippen LogP contribution in [0.4, 0.5) is 5.82 Å².